The molecule has 0 fully saturated rings. The SMILES string of the molecule is ICCc1cncc(CCI)c1. The van der Waals surface area contributed by atoms with Crippen LogP contribution in [0.25, 0.3) is 0 Å². The molecule has 66 valence electrons. The molecule has 0 aliphatic rings. The first kappa shape index (κ1) is 10.7. The molecule has 0 aliphatic carbocycles. The van der Waals surface area contributed by atoms with Gasteiger partial charge < -0.3 is 0 Å². The van der Waals surface area contributed by atoms with Gasteiger partial charge in [-0.1, -0.05) is 51.2 Å². The third-order valence-corrected chi connectivity index (χ3v) is 2.70. The van der Waals surface area contributed by atoms with Gasteiger partial charge in [-0.05, 0) is 24.0 Å². The van der Waals surface area contributed by atoms with Crippen LogP contribution < -0.4 is 0 Å². The highest BCUT2D eigenvalue weighted by Crippen LogP contribution is 2.06. The number of halogens is 2. The van der Waals surface area contributed by atoms with Crippen molar-refractivity contribution in [3.05, 3.63) is 29.6 Å². The molecule has 0 saturated heterocycles. The van der Waals surface area contributed by atoms with Crippen LogP contribution in [0.4, 0.5) is 0 Å². The second kappa shape index (κ2) is 6.12. The summed E-state index contributed by atoms with van der Waals surface area (Å²) in [6.45, 7) is 0. The second-order valence-corrected chi connectivity index (χ2v) is 4.74. The predicted molar refractivity (Wildman–Crippen MR) is 69.4 cm³/mol. The van der Waals surface area contributed by atoms with Crippen molar-refractivity contribution in [2.45, 2.75) is 12.8 Å². The van der Waals surface area contributed by atoms with Gasteiger partial charge in [-0.15, -0.1) is 0 Å². The maximum atomic E-state index is 4.22. The fourth-order valence-corrected chi connectivity index (χ4v) is 2.28. The van der Waals surface area contributed by atoms with Crippen molar-refractivity contribution >= 4 is 45.2 Å². The number of hydrogen-bond donors (Lipinski definition) is 0. The predicted octanol–water partition coefficient (Wildman–Crippen LogP) is 3.04. The summed E-state index contributed by atoms with van der Waals surface area (Å²) >= 11 is 4.79. The molecule has 3 heteroatoms. The Labute approximate surface area is 101 Å². The molecule has 1 aromatic heterocycles. The molecule has 0 unspecified atom stereocenters. The Morgan fingerprint density at radius 3 is 1.92 bits per heavy atom. The Balaban J connectivity index is 2.67. The smallest absolute Gasteiger partial charge is 0.0300 e. The Hall–Kier alpha value is 0.610. The zero-order valence-corrected chi connectivity index (χ0v) is 11.1. The van der Waals surface area contributed by atoms with E-state index in [1.165, 1.54) is 20.0 Å². The maximum Gasteiger partial charge on any atom is 0.0300 e. The third-order valence-electron chi connectivity index (χ3n) is 1.62. The molecule has 0 spiro atoms. The minimum absolute atomic E-state index is 1.14. The first-order valence-corrected chi connectivity index (χ1v) is 6.96. The lowest BCUT2D eigenvalue weighted by molar-refractivity contribution is 1.07. The molecule has 1 aromatic rings. The standard InChI is InChI=1S/C9H11I2N/c10-3-1-8-5-9(2-4-11)7-12-6-8/h5-7H,1-4H2. The Bertz CT molecular complexity index is 216. The average Bonchev–Trinajstić information content (AvgIpc) is 2.06. The van der Waals surface area contributed by atoms with Crippen LogP contribution in [0.2, 0.25) is 0 Å². The van der Waals surface area contributed by atoms with Gasteiger partial charge in [0.1, 0.15) is 0 Å². The molecular weight excluding hydrogens is 376 g/mol. The van der Waals surface area contributed by atoms with Gasteiger partial charge >= 0.3 is 0 Å². The fraction of sp³-hybridized carbons (Fsp3) is 0.444. The second-order valence-electron chi connectivity index (χ2n) is 2.58. The highest BCUT2D eigenvalue weighted by Gasteiger charge is 1.95. The van der Waals surface area contributed by atoms with Crippen molar-refractivity contribution in [3.8, 4) is 0 Å². The van der Waals surface area contributed by atoms with Crippen molar-refractivity contribution in [2.75, 3.05) is 8.86 Å². The third kappa shape index (κ3) is 3.55. The molecule has 0 N–H and O–H groups in total. The number of rotatable bonds is 4. The van der Waals surface area contributed by atoms with Gasteiger partial charge in [0, 0.05) is 21.2 Å². The van der Waals surface area contributed by atoms with Crippen LogP contribution in [0.1, 0.15) is 11.1 Å². The summed E-state index contributed by atoms with van der Waals surface area (Å²) in [7, 11) is 0. The van der Waals surface area contributed by atoms with Crippen molar-refractivity contribution in [1.82, 2.24) is 4.98 Å². The van der Waals surface area contributed by atoms with Crippen LogP contribution >= 0.6 is 45.2 Å². The number of alkyl halides is 2. The number of nitrogens with zero attached hydrogens (tertiary/aromatic N) is 1. The first-order valence-electron chi connectivity index (χ1n) is 3.91. The summed E-state index contributed by atoms with van der Waals surface area (Å²) in [4.78, 5) is 4.22. The molecule has 1 heterocycles. The Morgan fingerprint density at radius 2 is 1.50 bits per heavy atom. The minimum Gasteiger partial charge on any atom is -0.264 e. The lowest BCUT2D eigenvalue weighted by Crippen LogP contribution is -1.92. The topological polar surface area (TPSA) is 12.9 Å². The quantitative estimate of drug-likeness (QED) is 0.572. The zero-order valence-electron chi connectivity index (χ0n) is 6.76. The first-order chi connectivity index (χ1) is 5.86. The van der Waals surface area contributed by atoms with Gasteiger partial charge in [-0.3, -0.25) is 4.98 Å². The van der Waals surface area contributed by atoms with Crippen molar-refractivity contribution < 1.29 is 0 Å². The molecule has 1 nitrogen and oxygen atoms in total. The number of hydrogen-bond acceptors (Lipinski definition) is 1. The molecular formula is C9H11I2N. The van der Waals surface area contributed by atoms with Crippen LogP contribution in [0.3, 0.4) is 0 Å². The summed E-state index contributed by atoms with van der Waals surface area (Å²) < 4.78 is 2.35. The summed E-state index contributed by atoms with van der Waals surface area (Å²) in [6.07, 6.45) is 6.22. The maximum absolute atomic E-state index is 4.22. The highest BCUT2D eigenvalue weighted by atomic mass is 127. The van der Waals surface area contributed by atoms with E-state index < -0.39 is 0 Å². The monoisotopic (exact) mass is 387 g/mol. The molecule has 0 atom stereocenters. The lowest BCUT2D eigenvalue weighted by Gasteiger charge is -2.00. The van der Waals surface area contributed by atoms with E-state index in [4.69, 9.17) is 0 Å². The molecule has 0 amide bonds. The summed E-state index contributed by atoms with van der Waals surface area (Å²) in [6, 6.07) is 2.27. The van der Waals surface area contributed by atoms with Crippen molar-refractivity contribution in [3.63, 3.8) is 0 Å². The Morgan fingerprint density at radius 1 is 1.00 bits per heavy atom. The summed E-state index contributed by atoms with van der Waals surface area (Å²) in [5, 5.41) is 0. The fourth-order valence-electron chi connectivity index (χ4n) is 1.03. The average molecular weight is 387 g/mol. The van der Waals surface area contributed by atoms with Gasteiger partial charge in [-0.25, -0.2) is 0 Å². The number of aromatic nitrogens is 1. The van der Waals surface area contributed by atoms with E-state index >= 15 is 0 Å². The van der Waals surface area contributed by atoms with Gasteiger partial charge in [-0.2, -0.15) is 0 Å². The van der Waals surface area contributed by atoms with Crippen LogP contribution in [-0.4, -0.2) is 13.8 Å². The van der Waals surface area contributed by atoms with Crippen LogP contribution in [0, 0.1) is 0 Å². The van der Waals surface area contributed by atoms with Gasteiger partial charge in [0.25, 0.3) is 0 Å². The molecule has 0 saturated carbocycles. The molecule has 12 heavy (non-hydrogen) atoms. The largest absolute Gasteiger partial charge is 0.264 e. The van der Waals surface area contributed by atoms with Crippen LogP contribution in [0.15, 0.2) is 18.5 Å². The van der Waals surface area contributed by atoms with Crippen LogP contribution in [-0.2, 0) is 12.8 Å². The molecule has 1 rings (SSSR count). The summed E-state index contributed by atoms with van der Waals surface area (Å²) in [5.41, 5.74) is 2.73. The van der Waals surface area contributed by atoms with E-state index in [9.17, 15) is 0 Å². The lowest BCUT2D eigenvalue weighted by atomic mass is 10.1. The van der Waals surface area contributed by atoms with Crippen molar-refractivity contribution in [1.29, 1.82) is 0 Å². The van der Waals surface area contributed by atoms with Crippen molar-refractivity contribution in [2.24, 2.45) is 0 Å². The molecule has 0 aliphatic heterocycles. The van der Waals surface area contributed by atoms with E-state index in [0.717, 1.165) is 12.8 Å². The number of pyridine rings is 1. The number of aryl methyl sites for hydroxylation is 2. The van der Waals surface area contributed by atoms with E-state index in [2.05, 4.69) is 56.2 Å². The van der Waals surface area contributed by atoms with E-state index in [1.54, 1.807) is 0 Å². The molecule has 0 radical (unpaired) electrons. The molecule has 0 bridgehead atoms. The Kier molecular flexibility index (Phi) is 5.45. The van der Waals surface area contributed by atoms with E-state index in [0.29, 0.717) is 0 Å². The van der Waals surface area contributed by atoms with Gasteiger partial charge in [0.15, 0.2) is 0 Å². The molecule has 0 aromatic carbocycles. The van der Waals surface area contributed by atoms with Gasteiger partial charge in [0.05, 0.1) is 0 Å². The minimum atomic E-state index is 1.14. The normalized spacial score (nSPS) is 10.2. The van der Waals surface area contributed by atoms with E-state index in [1.807, 2.05) is 12.4 Å². The highest BCUT2D eigenvalue weighted by molar-refractivity contribution is 14.1. The summed E-state index contributed by atoms with van der Waals surface area (Å²) in [5.74, 6) is 0. The van der Waals surface area contributed by atoms with Crippen LogP contribution in [0.5, 0.6) is 0 Å². The van der Waals surface area contributed by atoms with Gasteiger partial charge in [0.2, 0.25) is 0 Å². The zero-order chi connectivity index (χ0) is 8.81. The van der Waals surface area contributed by atoms with E-state index in [-0.39, 0.29) is 0 Å².